The van der Waals surface area contributed by atoms with E-state index < -0.39 is 0 Å². The quantitative estimate of drug-likeness (QED) is 0.854. The normalized spacial score (nSPS) is 28.9. The molecule has 2 saturated heterocycles. The molecular weight excluding hydrogens is 264 g/mol. The monoisotopic (exact) mass is 290 g/mol. The summed E-state index contributed by atoms with van der Waals surface area (Å²) in [5.74, 6) is 0.985. The molecule has 3 rings (SSSR count). The molecule has 1 aromatic heterocycles. The van der Waals surface area contributed by atoms with Crippen LogP contribution >= 0.6 is 0 Å². The van der Waals surface area contributed by atoms with Crippen LogP contribution in [0.4, 0.5) is 0 Å². The fourth-order valence-corrected chi connectivity index (χ4v) is 4.08. The number of nitrogens with zero attached hydrogens (tertiary/aromatic N) is 2. The third-order valence-corrected chi connectivity index (χ3v) is 5.26. The molecule has 2 fully saturated rings. The van der Waals surface area contributed by atoms with Gasteiger partial charge in [-0.25, -0.2) is 0 Å². The molecule has 0 saturated carbocycles. The average molecular weight is 290 g/mol. The number of hydrogen-bond donors (Lipinski definition) is 0. The first-order valence-electron chi connectivity index (χ1n) is 7.91. The molecule has 4 nitrogen and oxygen atoms in total. The predicted octanol–water partition coefficient (Wildman–Crippen LogP) is 2.85. The summed E-state index contributed by atoms with van der Waals surface area (Å²) in [6.07, 6.45) is 7.30. The number of aryl methyl sites for hydroxylation is 1. The highest BCUT2D eigenvalue weighted by Gasteiger charge is 2.41. The van der Waals surface area contributed by atoms with E-state index >= 15 is 0 Å². The van der Waals surface area contributed by atoms with Crippen molar-refractivity contribution in [3.05, 3.63) is 23.0 Å². The van der Waals surface area contributed by atoms with Gasteiger partial charge in [-0.1, -0.05) is 0 Å². The number of fused-ring (bicyclic) bond motifs is 2. The molecule has 4 heteroatoms. The van der Waals surface area contributed by atoms with Crippen molar-refractivity contribution >= 4 is 0 Å². The lowest BCUT2D eigenvalue weighted by Crippen LogP contribution is -2.44. The van der Waals surface area contributed by atoms with Gasteiger partial charge in [-0.2, -0.15) is 0 Å². The molecule has 2 aliphatic heterocycles. The second-order valence-electron chi connectivity index (χ2n) is 6.43. The summed E-state index contributed by atoms with van der Waals surface area (Å²) in [7, 11) is 3.59. The summed E-state index contributed by atoms with van der Waals surface area (Å²) in [5.41, 5.74) is 3.45. The first-order valence-corrected chi connectivity index (χ1v) is 7.91. The van der Waals surface area contributed by atoms with E-state index in [2.05, 4.69) is 23.7 Å². The molecule has 0 aromatic carbocycles. The smallest absolute Gasteiger partial charge is 0.128 e. The Morgan fingerprint density at radius 3 is 2.43 bits per heavy atom. The van der Waals surface area contributed by atoms with Crippen molar-refractivity contribution in [1.82, 2.24) is 9.88 Å². The molecule has 0 amide bonds. The van der Waals surface area contributed by atoms with Crippen molar-refractivity contribution in [2.75, 3.05) is 14.2 Å². The van der Waals surface area contributed by atoms with Crippen LogP contribution in [0.1, 0.15) is 42.5 Å². The van der Waals surface area contributed by atoms with Gasteiger partial charge in [-0.3, -0.25) is 9.88 Å². The Hall–Kier alpha value is -1.13. The van der Waals surface area contributed by atoms with E-state index in [1.807, 2.05) is 13.3 Å². The minimum atomic E-state index is 0.445. The molecule has 2 bridgehead atoms. The molecule has 0 spiro atoms. The van der Waals surface area contributed by atoms with Crippen LogP contribution in [0.15, 0.2) is 6.20 Å². The lowest BCUT2D eigenvalue weighted by molar-refractivity contribution is 0.00197. The summed E-state index contributed by atoms with van der Waals surface area (Å²) in [6, 6.07) is 1.31. The maximum absolute atomic E-state index is 5.58. The van der Waals surface area contributed by atoms with Crippen molar-refractivity contribution in [2.45, 2.75) is 64.3 Å². The van der Waals surface area contributed by atoms with Crippen molar-refractivity contribution in [3.8, 4) is 5.75 Å². The number of hydrogen-bond acceptors (Lipinski definition) is 4. The zero-order chi connectivity index (χ0) is 15.0. The van der Waals surface area contributed by atoms with E-state index in [9.17, 15) is 0 Å². The van der Waals surface area contributed by atoms with Gasteiger partial charge in [0.25, 0.3) is 0 Å². The molecular formula is C17H26N2O2. The zero-order valence-electron chi connectivity index (χ0n) is 13.6. The lowest BCUT2D eigenvalue weighted by Gasteiger charge is -2.38. The number of methoxy groups -OCH3 is 2. The van der Waals surface area contributed by atoms with E-state index in [-0.39, 0.29) is 0 Å². The molecule has 0 N–H and O–H groups in total. The maximum Gasteiger partial charge on any atom is 0.128 e. The Morgan fingerprint density at radius 1 is 1.19 bits per heavy atom. The van der Waals surface area contributed by atoms with Gasteiger partial charge in [0.15, 0.2) is 0 Å². The Kier molecular flexibility index (Phi) is 4.18. The van der Waals surface area contributed by atoms with Gasteiger partial charge in [0.1, 0.15) is 5.75 Å². The summed E-state index contributed by atoms with van der Waals surface area (Å²) in [6.45, 7) is 5.11. The summed E-state index contributed by atoms with van der Waals surface area (Å²) < 4.78 is 11.1. The van der Waals surface area contributed by atoms with E-state index in [0.717, 1.165) is 36.4 Å². The van der Waals surface area contributed by atoms with Crippen LogP contribution in [0.3, 0.4) is 0 Å². The van der Waals surface area contributed by atoms with Gasteiger partial charge >= 0.3 is 0 Å². The highest BCUT2D eigenvalue weighted by molar-refractivity contribution is 5.41. The standard InChI is InChI=1S/C17H26N2O2/c1-11-9-18-16(12(2)17(11)21-4)10-19-13-5-6-14(19)8-15(7-13)20-3/h9,13-15H,5-8,10H2,1-4H3/t13-,14+,15?. The first kappa shape index (κ1) is 14.8. The zero-order valence-corrected chi connectivity index (χ0v) is 13.6. The van der Waals surface area contributed by atoms with Gasteiger partial charge in [-0.15, -0.1) is 0 Å². The van der Waals surface area contributed by atoms with Crippen molar-refractivity contribution in [1.29, 1.82) is 0 Å². The third kappa shape index (κ3) is 2.67. The van der Waals surface area contributed by atoms with Crippen LogP contribution in [-0.4, -0.2) is 42.3 Å². The molecule has 116 valence electrons. The van der Waals surface area contributed by atoms with Gasteiger partial charge < -0.3 is 9.47 Å². The molecule has 3 heterocycles. The van der Waals surface area contributed by atoms with Gasteiger partial charge in [0.2, 0.25) is 0 Å². The maximum atomic E-state index is 5.58. The molecule has 1 aromatic rings. The van der Waals surface area contributed by atoms with E-state index in [1.54, 1.807) is 7.11 Å². The largest absolute Gasteiger partial charge is 0.496 e. The fourth-order valence-electron chi connectivity index (χ4n) is 4.08. The lowest BCUT2D eigenvalue weighted by atomic mass is 9.99. The van der Waals surface area contributed by atoms with Crippen LogP contribution in [0.2, 0.25) is 0 Å². The molecule has 0 radical (unpaired) electrons. The van der Waals surface area contributed by atoms with Crippen molar-refractivity contribution < 1.29 is 9.47 Å². The number of ether oxygens (including phenoxy) is 2. The minimum Gasteiger partial charge on any atom is -0.496 e. The van der Waals surface area contributed by atoms with Crippen LogP contribution < -0.4 is 4.74 Å². The van der Waals surface area contributed by atoms with Gasteiger partial charge in [0, 0.05) is 43.1 Å². The minimum absolute atomic E-state index is 0.445. The van der Waals surface area contributed by atoms with E-state index in [0.29, 0.717) is 18.2 Å². The van der Waals surface area contributed by atoms with E-state index in [1.165, 1.54) is 18.4 Å². The second-order valence-corrected chi connectivity index (χ2v) is 6.43. The number of rotatable bonds is 4. The molecule has 21 heavy (non-hydrogen) atoms. The van der Waals surface area contributed by atoms with E-state index in [4.69, 9.17) is 9.47 Å². The second kappa shape index (κ2) is 5.93. The van der Waals surface area contributed by atoms with Crippen LogP contribution in [0.25, 0.3) is 0 Å². The van der Waals surface area contributed by atoms with Gasteiger partial charge in [0.05, 0.1) is 18.9 Å². The molecule has 3 atom stereocenters. The Bertz CT molecular complexity index is 504. The van der Waals surface area contributed by atoms with Crippen LogP contribution in [-0.2, 0) is 11.3 Å². The molecule has 1 unspecified atom stereocenters. The summed E-state index contributed by atoms with van der Waals surface area (Å²) in [5, 5.41) is 0. The average Bonchev–Trinajstić information content (AvgIpc) is 2.72. The highest BCUT2D eigenvalue weighted by atomic mass is 16.5. The van der Waals surface area contributed by atoms with Crippen molar-refractivity contribution in [3.63, 3.8) is 0 Å². The summed E-state index contributed by atoms with van der Waals surface area (Å²) in [4.78, 5) is 7.30. The fraction of sp³-hybridized carbons (Fsp3) is 0.706. The Balaban J connectivity index is 1.79. The van der Waals surface area contributed by atoms with Crippen LogP contribution in [0, 0.1) is 13.8 Å². The first-order chi connectivity index (χ1) is 10.1. The van der Waals surface area contributed by atoms with Crippen LogP contribution in [0.5, 0.6) is 5.75 Å². The number of aromatic nitrogens is 1. The summed E-state index contributed by atoms with van der Waals surface area (Å²) >= 11 is 0. The Morgan fingerprint density at radius 2 is 1.86 bits per heavy atom. The third-order valence-electron chi connectivity index (χ3n) is 5.26. The van der Waals surface area contributed by atoms with Crippen molar-refractivity contribution in [2.24, 2.45) is 0 Å². The molecule has 0 aliphatic carbocycles. The highest BCUT2D eigenvalue weighted by Crippen LogP contribution is 2.38. The Labute approximate surface area is 127 Å². The number of pyridine rings is 1. The topological polar surface area (TPSA) is 34.6 Å². The molecule has 2 aliphatic rings. The number of piperidine rings is 1. The SMILES string of the molecule is COc1c(C)cnc(CN2[C@@H]3CC[C@H]2CC(OC)C3)c1C. The predicted molar refractivity (Wildman–Crippen MR) is 82.6 cm³/mol. The van der Waals surface area contributed by atoms with Gasteiger partial charge in [-0.05, 0) is 39.5 Å².